The highest BCUT2D eigenvalue weighted by molar-refractivity contribution is 5.97. The van der Waals surface area contributed by atoms with Gasteiger partial charge in [-0.2, -0.15) is 0 Å². The molecule has 1 unspecified atom stereocenters. The van der Waals surface area contributed by atoms with Gasteiger partial charge in [0, 0.05) is 37.3 Å². The first kappa shape index (κ1) is 27.9. The van der Waals surface area contributed by atoms with Gasteiger partial charge in [0.2, 0.25) is 5.91 Å². The summed E-state index contributed by atoms with van der Waals surface area (Å²) >= 11 is 0. The number of carbonyl (C=O) groups is 2. The standard InChI is InChI=1S/C33H46N4O2/c1-23-3-7-27(8-4-23)22-37(29-15-16-29)30-17-18-36(33(39)28-13-5-24(2)6-14-28)31(19-30)32(38)35-21-26-11-9-25(20-34)10-12-26/h3-8,13-14,25-26,29-31H,9-12,15-22,34H2,1-2H3,(H,35,38)/t25?,26?,30?,31-/m1/s1. The minimum absolute atomic E-state index is 0.00666. The highest BCUT2D eigenvalue weighted by Gasteiger charge is 2.42. The Morgan fingerprint density at radius 3 is 2.08 bits per heavy atom. The van der Waals surface area contributed by atoms with Crippen LogP contribution in [0.3, 0.4) is 0 Å². The van der Waals surface area contributed by atoms with Crippen molar-refractivity contribution in [3.05, 3.63) is 70.8 Å². The third kappa shape index (κ3) is 7.09. The molecule has 5 rings (SSSR count). The van der Waals surface area contributed by atoms with Crippen LogP contribution in [0.15, 0.2) is 48.5 Å². The number of likely N-dealkylation sites (tertiary alicyclic amines) is 1. The molecule has 2 amide bonds. The molecule has 2 aromatic carbocycles. The van der Waals surface area contributed by atoms with E-state index in [-0.39, 0.29) is 17.9 Å². The van der Waals surface area contributed by atoms with E-state index in [1.165, 1.54) is 24.0 Å². The predicted octanol–water partition coefficient (Wildman–Crippen LogP) is 4.82. The van der Waals surface area contributed by atoms with Gasteiger partial charge >= 0.3 is 0 Å². The Labute approximate surface area is 234 Å². The van der Waals surface area contributed by atoms with Crippen molar-refractivity contribution in [1.82, 2.24) is 15.1 Å². The lowest BCUT2D eigenvalue weighted by atomic mass is 9.82. The van der Waals surface area contributed by atoms with E-state index >= 15 is 0 Å². The smallest absolute Gasteiger partial charge is 0.254 e. The number of nitrogens with two attached hydrogens (primary N) is 1. The number of carbonyl (C=O) groups excluding carboxylic acids is 2. The van der Waals surface area contributed by atoms with Crippen molar-refractivity contribution < 1.29 is 9.59 Å². The summed E-state index contributed by atoms with van der Waals surface area (Å²) in [6.07, 6.45) is 8.55. The van der Waals surface area contributed by atoms with Crippen molar-refractivity contribution in [3.63, 3.8) is 0 Å². The maximum Gasteiger partial charge on any atom is 0.254 e. The highest BCUT2D eigenvalue weighted by atomic mass is 16.2. The van der Waals surface area contributed by atoms with Gasteiger partial charge in [-0.3, -0.25) is 14.5 Å². The molecule has 6 heteroatoms. The zero-order valence-corrected chi connectivity index (χ0v) is 23.8. The molecule has 0 aromatic heterocycles. The maximum atomic E-state index is 13.8. The average Bonchev–Trinajstić information content (AvgIpc) is 3.81. The molecule has 3 aliphatic rings. The third-order valence-corrected chi connectivity index (χ3v) is 9.27. The van der Waals surface area contributed by atoms with Crippen LogP contribution in [0.4, 0.5) is 0 Å². The zero-order chi connectivity index (χ0) is 27.4. The van der Waals surface area contributed by atoms with E-state index in [0.29, 0.717) is 43.0 Å². The lowest BCUT2D eigenvalue weighted by Gasteiger charge is -2.43. The van der Waals surface area contributed by atoms with Crippen LogP contribution in [0.2, 0.25) is 0 Å². The van der Waals surface area contributed by atoms with Crippen LogP contribution in [-0.4, -0.2) is 59.4 Å². The molecule has 3 N–H and O–H groups in total. The highest BCUT2D eigenvalue weighted by Crippen LogP contribution is 2.35. The number of rotatable bonds is 9. The molecule has 2 aromatic rings. The SMILES string of the molecule is Cc1ccc(CN(C2CC2)C2CCN(C(=O)c3ccc(C)cc3)[C@@H](C(=O)NCC3CCC(CN)CC3)C2)cc1. The second kappa shape index (κ2) is 12.6. The van der Waals surface area contributed by atoms with Crippen molar-refractivity contribution in [3.8, 4) is 0 Å². The first-order chi connectivity index (χ1) is 18.9. The van der Waals surface area contributed by atoms with Gasteiger partial charge in [0.05, 0.1) is 0 Å². The van der Waals surface area contributed by atoms with E-state index in [1.54, 1.807) is 0 Å². The number of hydrogen-bond acceptors (Lipinski definition) is 4. The summed E-state index contributed by atoms with van der Waals surface area (Å²) in [5.74, 6) is 1.10. The molecule has 6 nitrogen and oxygen atoms in total. The van der Waals surface area contributed by atoms with Gasteiger partial charge in [0.1, 0.15) is 6.04 Å². The number of piperidine rings is 1. The number of aryl methyl sites for hydroxylation is 2. The lowest BCUT2D eigenvalue weighted by molar-refractivity contribution is -0.128. The molecular weight excluding hydrogens is 484 g/mol. The summed E-state index contributed by atoms with van der Waals surface area (Å²) in [5, 5.41) is 3.28. The maximum absolute atomic E-state index is 13.8. The third-order valence-electron chi connectivity index (χ3n) is 9.27. The molecule has 0 bridgehead atoms. The quantitative estimate of drug-likeness (QED) is 0.487. The minimum atomic E-state index is -0.447. The second-order valence-electron chi connectivity index (χ2n) is 12.3. The van der Waals surface area contributed by atoms with E-state index < -0.39 is 6.04 Å². The second-order valence-corrected chi connectivity index (χ2v) is 12.3. The summed E-state index contributed by atoms with van der Waals surface area (Å²) in [6, 6.07) is 17.0. The fraction of sp³-hybridized carbons (Fsp3) is 0.576. The Morgan fingerprint density at radius 1 is 0.846 bits per heavy atom. The van der Waals surface area contributed by atoms with Crippen LogP contribution in [0.5, 0.6) is 0 Å². The number of hydrogen-bond donors (Lipinski definition) is 2. The van der Waals surface area contributed by atoms with Crippen LogP contribution in [0.25, 0.3) is 0 Å². The molecule has 0 spiro atoms. The summed E-state index contributed by atoms with van der Waals surface area (Å²) in [6.45, 7) is 7.11. The predicted molar refractivity (Wildman–Crippen MR) is 156 cm³/mol. The van der Waals surface area contributed by atoms with Gasteiger partial charge in [-0.05, 0) is 101 Å². The number of benzene rings is 2. The Balaban J connectivity index is 1.30. The van der Waals surface area contributed by atoms with Gasteiger partial charge in [0.25, 0.3) is 5.91 Å². The summed E-state index contributed by atoms with van der Waals surface area (Å²) in [7, 11) is 0. The van der Waals surface area contributed by atoms with Crippen molar-refractivity contribution in [2.24, 2.45) is 17.6 Å². The van der Waals surface area contributed by atoms with Crippen LogP contribution in [0.1, 0.15) is 78.4 Å². The topological polar surface area (TPSA) is 78.7 Å². The van der Waals surface area contributed by atoms with Crippen molar-refractivity contribution in [1.29, 1.82) is 0 Å². The normalized spacial score (nSPS) is 25.5. The lowest BCUT2D eigenvalue weighted by Crippen LogP contribution is -2.58. The fourth-order valence-corrected chi connectivity index (χ4v) is 6.50. The van der Waals surface area contributed by atoms with Crippen LogP contribution >= 0.6 is 0 Å². The number of nitrogens with one attached hydrogen (secondary N) is 1. The Kier molecular flexibility index (Phi) is 9.03. The van der Waals surface area contributed by atoms with E-state index in [4.69, 9.17) is 5.73 Å². The van der Waals surface area contributed by atoms with Crippen molar-refractivity contribution >= 4 is 11.8 Å². The first-order valence-electron chi connectivity index (χ1n) is 15.1. The molecule has 210 valence electrons. The van der Waals surface area contributed by atoms with Gasteiger partial charge in [-0.1, -0.05) is 47.5 Å². The van der Waals surface area contributed by atoms with E-state index in [9.17, 15) is 9.59 Å². The number of nitrogens with zero attached hydrogens (tertiary/aromatic N) is 2. The van der Waals surface area contributed by atoms with Gasteiger partial charge < -0.3 is 16.0 Å². The molecule has 1 saturated heterocycles. The first-order valence-corrected chi connectivity index (χ1v) is 15.1. The molecule has 2 atom stereocenters. The van der Waals surface area contributed by atoms with Crippen LogP contribution < -0.4 is 11.1 Å². The Bertz CT molecular complexity index is 1100. The average molecular weight is 531 g/mol. The molecular formula is C33H46N4O2. The molecule has 2 saturated carbocycles. The van der Waals surface area contributed by atoms with Crippen molar-refractivity contribution in [2.75, 3.05) is 19.6 Å². The molecule has 3 fully saturated rings. The molecule has 1 heterocycles. The molecule has 39 heavy (non-hydrogen) atoms. The zero-order valence-electron chi connectivity index (χ0n) is 23.8. The van der Waals surface area contributed by atoms with Gasteiger partial charge in [-0.15, -0.1) is 0 Å². The van der Waals surface area contributed by atoms with E-state index in [1.807, 2.05) is 36.1 Å². The van der Waals surface area contributed by atoms with Crippen LogP contribution in [0, 0.1) is 25.7 Å². The Hall–Kier alpha value is -2.70. The van der Waals surface area contributed by atoms with E-state index in [0.717, 1.165) is 50.8 Å². The van der Waals surface area contributed by atoms with Crippen molar-refractivity contribution in [2.45, 2.75) is 89.9 Å². The molecule has 0 radical (unpaired) electrons. The summed E-state index contributed by atoms with van der Waals surface area (Å²) in [5.41, 5.74) is 10.3. The largest absolute Gasteiger partial charge is 0.354 e. The monoisotopic (exact) mass is 530 g/mol. The summed E-state index contributed by atoms with van der Waals surface area (Å²) in [4.78, 5) is 31.9. The Morgan fingerprint density at radius 2 is 1.46 bits per heavy atom. The van der Waals surface area contributed by atoms with Gasteiger partial charge in [0.15, 0.2) is 0 Å². The summed E-state index contributed by atoms with van der Waals surface area (Å²) < 4.78 is 0. The number of amides is 2. The molecule has 1 aliphatic heterocycles. The molecule has 2 aliphatic carbocycles. The van der Waals surface area contributed by atoms with Crippen LogP contribution in [-0.2, 0) is 11.3 Å². The van der Waals surface area contributed by atoms with Gasteiger partial charge in [-0.25, -0.2) is 0 Å². The minimum Gasteiger partial charge on any atom is -0.354 e. The van der Waals surface area contributed by atoms with E-state index in [2.05, 4.69) is 41.4 Å². The fourth-order valence-electron chi connectivity index (χ4n) is 6.50.